The number of piperidine rings is 1. The molecule has 2 heterocycles. The number of halogens is 1. The highest BCUT2D eigenvalue weighted by Gasteiger charge is 2.25. The largest absolute Gasteiger partial charge is 0.458 e. The number of rotatable bonds is 4. The normalized spacial score (nSPS) is 17.2. The van der Waals surface area contributed by atoms with Crippen LogP contribution in [0.15, 0.2) is 36.7 Å². The van der Waals surface area contributed by atoms with E-state index in [2.05, 4.69) is 22.2 Å². The first-order chi connectivity index (χ1) is 12.2. The van der Waals surface area contributed by atoms with Gasteiger partial charge in [-0.2, -0.15) is 0 Å². The van der Waals surface area contributed by atoms with Gasteiger partial charge in [0.15, 0.2) is 0 Å². The van der Waals surface area contributed by atoms with Crippen LogP contribution in [-0.2, 0) is 6.42 Å². The van der Waals surface area contributed by atoms with E-state index in [0.29, 0.717) is 29.8 Å². The topological polar surface area (TPSA) is 67.3 Å². The van der Waals surface area contributed by atoms with Gasteiger partial charge >= 0.3 is 12.0 Å². The number of nitrogens with one attached hydrogen (secondary N) is 1. The molecule has 0 saturated carbocycles. The fourth-order valence-corrected chi connectivity index (χ4v) is 2.89. The minimum absolute atomic E-state index is 0.113. The summed E-state index contributed by atoms with van der Waals surface area (Å²) in [4.78, 5) is 22.7. The van der Waals surface area contributed by atoms with Crippen molar-refractivity contribution < 1.29 is 9.53 Å². The lowest BCUT2D eigenvalue weighted by Crippen LogP contribution is -2.46. The molecule has 1 aromatic heterocycles. The molecule has 1 atom stereocenters. The first-order valence-corrected chi connectivity index (χ1v) is 8.81. The first kappa shape index (κ1) is 17.5. The van der Waals surface area contributed by atoms with Crippen LogP contribution >= 0.6 is 11.6 Å². The summed E-state index contributed by atoms with van der Waals surface area (Å²) in [5, 5.41) is 3.37. The summed E-state index contributed by atoms with van der Waals surface area (Å²) in [6.07, 6.45) is 6.06. The number of carbonyl (C=O) groups is 1. The van der Waals surface area contributed by atoms with Crippen LogP contribution in [0.2, 0.25) is 5.02 Å². The zero-order chi connectivity index (χ0) is 17.6. The molecule has 132 valence electrons. The van der Waals surface area contributed by atoms with Crippen LogP contribution in [0.1, 0.15) is 25.3 Å². The molecular formula is C18H21ClN4O2. The average Bonchev–Trinajstić information content (AvgIpc) is 2.64. The van der Waals surface area contributed by atoms with Crippen molar-refractivity contribution in [1.29, 1.82) is 0 Å². The van der Waals surface area contributed by atoms with Crippen LogP contribution < -0.4 is 10.1 Å². The molecule has 1 N–H and O–H groups in total. The molecule has 1 aliphatic rings. The number of amides is 2. The lowest BCUT2D eigenvalue weighted by Gasteiger charge is -2.32. The molecule has 1 aliphatic heterocycles. The number of likely N-dealkylation sites (tertiary alicyclic amines) is 1. The van der Waals surface area contributed by atoms with Crippen molar-refractivity contribution >= 4 is 23.3 Å². The summed E-state index contributed by atoms with van der Waals surface area (Å²) in [6.45, 7) is 3.23. The number of hydrogen-bond acceptors (Lipinski definition) is 4. The second-order valence-corrected chi connectivity index (χ2v) is 6.37. The molecule has 25 heavy (non-hydrogen) atoms. The Balaban J connectivity index is 1.58. The van der Waals surface area contributed by atoms with Crippen LogP contribution in [0.5, 0.6) is 6.01 Å². The van der Waals surface area contributed by atoms with Crippen molar-refractivity contribution in [2.45, 2.75) is 32.3 Å². The van der Waals surface area contributed by atoms with Gasteiger partial charge in [0.1, 0.15) is 6.10 Å². The standard InChI is InChI=1S/C18H21ClN4O2/c1-2-13-10-20-17(21-11-13)25-14-6-5-9-23(12-14)18(24)22-16-8-4-3-7-15(16)19/h3-4,7-8,10-11,14H,2,5-6,9,12H2,1H3,(H,22,24). The van der Waals surface area contributed by atoms with Crippen LogP contribution in [0.4, 0.5) is 10.5 Å². The lowest BCUT2D eigenvalue weighted by atomic mass is 10.1. The zero-order valence-electron chi connectivity index (χ0n) is 14.1. The van der Waals surface area contributed by atoms with Crippen molar-refractivity contribution in [3.63, 3.8) is 0 Å². The van der Waals surface area contributed by atoms with Crippen LogP contribution in [-0.4, -0.2) is 40.1 Å². The minimum Gasteiger partial charge on any atom is -0.458 e. The fraction of sp³-hybridized carbons (Fsp3) is 0.389. The van der Waals surface area contributed by atoms with Gasteiger partial charge in [0, 0.05) is 18.9 Å². The number of aromatic nitrogens is 2. The summed E-state index contributed by atoms with van der Waals surface area (Å²) < 4.78 is 5.84. The third-order valence-corrected chi connectivity index (χ3v) is 4.47. The van der Waals surface area contributed by atoms with Crippen molar-refractivity contribution in [2.75, 3.05) is 18.4 Å². The molecule has 1 aromatic carbocycles. The van der Waals surface area contributed by atoms with Gasteiger partial charge in [0.25, 0.3) is 0 Å². The predicted molar refractivity (Wildman–Crippen MR) is 97.1 cm³/mol. The van der Waals surface area contributed by atoms with E-state index in [1.807, 2.05) is 12.1 Å². The molecule has 2 amide bonds. The maximum atomic E-state index is 12.5. The number of ether oxygens (including phenoxy) is 1. The smallest absolute Gasteiger partial charge is 0.322 e. The van der Waals surface area contributed by atoms with Gasteiger partial charge in [-0.15, -0.1) is 0 Å². The van der Waals surface area contributed by atoms with E-state index in [0.717, 1.165) is 24.8 Å². The lowest BCUT2D eigenvalue weighted by molar-refractivity contribution is 0.0982. The highest BCUT2D eigenvalue weighted by atomic mass is 35.5. The number of benzene rings is 1. The minimum atomic E-state index is -0.177. The molecule has 6 nitrogen and oxygen atoms in total. The monoisotopic (exact) mass is 360 g/mol. The van der Waals surface area contributed by atoms with E-state index < -0.39 is 0 Å². The molecule has 0 spiro atoms. The van der Waals surface area contributed by atoms with Crippen molar-refractivity contribution in [3.05, 3.63) is 47.2 Å². The van der Waals surface area contributed by atoms with Crippen molar-refractivity contribution in [1.82, 2.24) is 14.9 Å². The van der Waals surface area contributed by atoms with Gasteiger partial charge in [-0.25, -0.2) is 14.8 Å². The third-order valence-electron chi connectivity index (χ3n) is 4.14. The van der Waals surface area contributed by atoms with Crippen LogP contribution in [0.3, 0.4) is 0 Å². The second-order valence-electron chi connectivity index (χ2n) is 5.97. The second kappa shape index (κ2) is 8.16. The van der Waals surface area contributed by atoms with Gasteiger partial charge < -0.3 is 15.0 Å². The van der Waals surface area contributed by atoms with E-state index >= 15 is 0 Å². The predicted octanol–water partition coefficient (Wildman–Crippen LogP) is 3.77. The van der Waals surface area contributed by atoms with Gasteiger partial charge in [-0.05, 0) is 37.0 Å². The highest BCUT2D eigenvalue weighted by Crippen LogP contribution is 2.22. The van der Waals surface area contributed by atoms with E-state index in [1.165, 1.54) is 0 Å². The summed E-state index contributed by atoms with van der Waals surface area (Å²) in [5.41, 5.74) is 1.67. The van der Waals surface area contributed by atoms with Crippen LogP contribution in [0, 0.1) is 0 Å². The number of nitrogens with zero attached hydrogens (tertiary/aromatic N) is 3. The number of anilines is 1. The summed E-state index contributed by atoms with van der Waals surface area (Å²) in [6, 6.07) is 7.37. The van der Waals surface area contributed by atoms with Crippen LogP contribution in [0.25, 0.3) is 0 Å². The molecular weight excluding hydrogens is 340 g/mol. The third kappa shape index (κ3) is 4.60. The van der Waals surface area contributed by atoms with Gasteiger partial charge in [0.05, 0.1) is 17.3 Å². The van der Waals surface area contributed by atoms with Crippen molar-refractivity contribution in [2.24, 2.45) is 0 Å². The first-order valence-electron chi connectivity index (χ1n) is 8.43. The maximum absolute atomic E-state index is 12.5. The van der Waals surface area contributed by atoms with E-state index in [-0.39, 0.29) is 12.1 Å². The summed E-state index contributed by atoms with van der Waals surface area (Å²) in [5.74, 6) is 0. The number of para-hydroxylation sites is 1. The Kier molecular flexibility index (Phi) is 5.71. The molecule has 1 fully saturated rings. The molecule has 0 radical (unpaired) electrons. The molecule has 0 aliphatic carbocycles. The number of hydrogen-bond donors (Lipinski definition) is 1. The Hall–Kier alpha value is -2.34. The van der Waals surface area contributed by atoms with Gasteiger partial charge in [-0.1, -0.05) is 30.7 Å². The fourth-order valence-electron chi connectivity index (χ4n) is 2.71. The summed E-state index contributed by atoms with van der Waals surface area (Å²) in [7, 11) is 0. The number of urea groups is 1. The molecule has 2 aromatic rings. The number of aryl methyl sites for hydroxylation is 1. The van der Waals surface area contributed by atoms with Gasteiger partial charge in [-0.3, -0.25) is 0 Å². The molecule has 1 unspecified atom stereocenters. The van der Waals surface area contributed by atoms with E-state index in [4.69, 9.17) is 16.3 Å². The number of carbonyl (C=O) groups excluding carboxylic acids is 1. The SMILES string of the molecule is CCc1cnc(OC2CCCN(C(=O)Nc3ccccc3Cl)C2)nc1. The molecule has 0 bridgehead atoms. The Morgan fingerprint density at radius 2 is 2.12 bits per heavy atom. The van der Waals surface area contributed by atoms with E-state index in [1.54, 1.807) is 29.4 Å². The molecule has 1 saturated heterocycles. The Bertz CT molecular complexity index is 723. The highest BCUT2D eigenvalue weighted by molar-refractivity contribution is 6.33. The molecule has 7 heteroatoms. The average molecular weight is 361 g/mol. The van der Waals surface area contributed by atoms with Crippen molar-refractivity contribution in [3.8, 4) is 6.01 Å². The van der Waals surface area contributed by atoms with Gasteiger partial charge in [0.2, 0.25) is 0 Å². The quantitative estimate of drug-likeness (QED) is 0.901. The Labute approximate surface area is 152 Å². The molecule has 3 rings (SSSR count). The zero-order valence-corrected chi connectivity index (χ0v) is 14.9. The summed E-state index contributed by atoms with van der Waals surface area (Å²) >= 11 is 6.09. The maximum Gasteiger partial charge on any atom is 0.322 e. The Morgan fingerprint density at radius 1 is 1.36 bits per heavy atom. The Morgan fingerprint density at radius 3 is 2.84 bits per heavy atom. The van der Waals surface area contributed by atoms with E-state index in [9.17, 15) is 4.79 Å².